The second-order valence-corrected chi connectivity index (χ2v) is 6.67. The van der Waals surface area contributed by atoms with Crippen LogP contribution in [0.2, 0.25) is 0 Å². The van der Waals surface area contributed by atoms with Gasteiger partial charge in [0.15, 0.2) is 5.69 Å². The predicted molar refractivity (Wildman–Crippen MR) is 110 cm³/mol. The van der Waals surface area contributed by atoms with E-state index < -0.39 is 0 Å². The van der Waals surface area contributed by atoms with Crippen LogP contribution < -0.4 is 11.1 Å². The minimum Gasteiger partial charge on any atom is -0.330 e. The van der Waals surface area contributed by atoms with Crippen molar-refractivity contribution in [3.63, 3.8) is 0 Å². The number of hydrogen-bond acceptors (Lipinski definition) is 5. The molecule has 0 spiro atoms. The molecule has 2 heterocycles. The molecule has 0 saturated carbocycles. The molecule has 0 aliphatic heterocycles. The fourth-order valence-electron chi connectivity index (χ4n) is 3.33. The van der Waals surface area contributed by atoms with Gasteiger partial charge in [-0.05, 0) is 25.1 Å². The third-order valence-corrected chi connectivity index (χ3v) is 4.83. The first kappa shape index (κ1) is 18.5. The van der Waals surface area contributed by atoms with Crippen molar-refractivity contribution in [3.8, 4) is 0 Å². The number of carbonyl (C=O) groups is 1. The molecule has 4 aromatic rings. The number of nitrogens with zero attached hydrogens (tertiary/aromatic N) is 4. The molecule has 0 unspecified atom stereocenters. The molecule has 8 nitrogen and oxygen atoms in total. The monoisotopic (exact) mass is 389 g/mol. The van der Waals surface area contributed by atoms with Crippen molar-refractivity contribution in [1.82, 2.24) is 24.6 Å². The lowest BCUT2D eigenvalue weighted by atomic mass is 10.1. The maximum absolute atomic E-state index is 13.2. The van der Waals surface area contributed by atoms with Gasteiger partial charge in [0.1, 0.15) is 5.82 Å². The fraction of sp³-hybridized carbons (Fsp3) is 0.190. The summed E-state index contributed by atoms with van der Waals surface area (Å²) in [6.07, 6.45) is 0. The first-order valence-electron chi connectivity index (χ1n) is 9.23. The lowest BCUT2D eigenvalue weighted by Crippen LogP contribution is -2.34. The zero-order chi connectivity index (χ0) is 20.5. The molecule has 1 N–H and O–H groups in total. The Morgan fingerprint density at radius 3 is 2.41 bits per heavy atom. The van der Waals surface area contributed by atoms with Gasteiger partial charge in [-0.25, -0.2) is 9.67 Å². The molecule has 0 fully saturated rings. The number of aromatic nitrogens is 4. The highest BCUT2D eigenvalue weighted by atomic mass is 16.2. The summed E-state index contributed by atoms with van der Waals surface area (Å²) in [6, 6.07) is 13.9. The molecule has 0 aliphatic rings. The van der Waals surface area contributed by atoms with Crippen LogP contribution in [0.4, 0.5) is 0 Å². The lowest BCUT2D eigenvalue weighted by Gasteiger charge is -2.21. The number of amides is 1. The summed E-state index contributed by atoms with van der Waals surface area (Å²) in [6.45, 7) is 2.34. The van der Waals surface area contributed by atoms with Crippen molar-refractivity contribution in [2.75, 3.05) is 6.54 Å². The number of para-hydroxylation sites is 1. The maximum Gasteiger partial charge on any atom is 0.275 e. The van der Waals surface area contributed by atoms with E-state index in [4.69, 9.17) is 0 Å². The van der Waals surface area contributed by atoms with Crippen LogP contribution in [0.15, 0.2) is 58.1 Å². The van der Waals surface area contributed by atoms with Crippen molar-refractivity contribution in [3.05, 3.63) is 80.8 Å². The Kier molecular flexibility index (Phi) is 4.67. The smallest absolute Gasteiger partial charge is 0.275 e. The largest absolute Gasteiger partial charge is 0.330 e. The number of hydrogen-bond donors (Lipinski definition) is 1. The number of H-pyrrole nitrogens is 1. The topological polar surface area (TPSA) is 101 Å². The zero-order valence-corrected chi connectivity index (χ0v) is 16.0. The lowest BCUT2D eigenvalue weighted by molar-refractivity contribution is 0.0742. The molecule has 146 valence electrons. The van der Waals surface area contributed by atoms with Crippen LogP contribution in [0.25, 0.3) is 21.7 Å². The minimum atomic E-state index is -0.338. The van der Waals surface area contributed by atoms with Gasteiger partial charge in [-0.3, -0.25) is 14.4 Å². The van der Waals surface area contributed by atoms with Crippen LogP contribution in [-0.2, 0) is 13.6 Å². The molecule has 0 saturated heterocycles. The Morgan fingerprint density at radius 2 is 1.69 bits per heavy atom. The third kappa shape index (κ3) is 3.29. The van der Waals surface area contributed by atoms with Crippen molar-refractivity contribution in [2.24, 2.45) is 7.05 Å². The normalized spacial score (nSPS) is 11.1. The number of carbonyl (C=O) groups excluding carboxylic acids is 1. The van der Waals surface area contributed by atoms with Gasteiger partial charge in [-0.1, -0.05) is 30.3 Å². The van der Waals surface area contributed by atoms with E-state index in [1.165, 1.54) is 16.6 Å². The van der Waals surface area contributed by atoms with Gasteiger partial charge in [0.05, 0.1) is 22.8 Å². The SMILES string of the molecule is CCN(Cc1nc2ccccc2c(=O)[nH]1)C(=O)c1nn(C)c(=O)c2ccccc12. The van der Waals surface area contributed by atoms with Gasteiger partial charge in [-0.15, -0.1) is 0 Å². The summed E-state index contributed by atoms with van der Waals surface area (Å²) in [5.41, 5.74) is 0.244. The second-order valence-electron chi connectivity index (χ2n) is 6.67. The van der Waals surface area contributed by atoms with Crippen molar-refractivity contribution >= 4 is 27.6 Å². The van der Waals surface area contributed by atoms with Gasteiger partial charge in [-0.2, -0.15) is 5.10 Å². The summed E-state index contributed by atoms with van der Waals surface area (Å²) < 4.78 is 1.17. The van der Waals surface area contributed by atoms with Crippen LogP contribution >= 0.6 is 0 Å². The number of aryl methyl sites for hydroxylation is 1. The van der Waals surface area contributed by atoms with Gasteiger partial charge in [0, 0.05) is 19.0 Å². The van der Waals surface area contributed by atoms with E-state index in [0.717, 1.165) is 0 Å². The second kappa shape index (κ2) is 7.31. The first-order valence-corrected chi connectivity index (χ1v) is 9.23. The number of nitrogens with one attached hydrogen (secondary N) is 1. The number of fused-ring (bicyclic) bond motifs is 2. The van der Waals surface area contributed by atoms with E-state index in [-0.39, 0.29) is 29.3 Å². The van der Waals surface area contributed by atoms with Crippen LogP contribution in [0.3, 0.4) is 0 Å². The Hall–Kier alpha value is -3.81. The summed E-state index contributed by atoms with van der Waals surface area (Å²) in [7, 11) is 1.52. The molecule has 0 radical (unpaired) electrons. The molecule has 2 aromatic heterocycles. The standard InChI is InChI=1S/C21H19N5O3/c1-3-26(12-17-22-16-11-7-6-10-15(16)19(27)23-17)21(29)18-13-8-4-5-9-14(13)20(28)25(2)24-18/h4-11H,3,12H2,1-2H3,(H,22,23,27). The summed E-state index contributed by atoms with van der Waals surface area (Å²) >= 11 is 0. The summed E-state index contributed by atoms with van der Waals surface area (Å²) in [5.74, 6) is 0.0492. The van der Waals surface area contributed by atoms with E-state index in [1.807, 2.05) is 13.0 Å². The summed E-state index contributed by atoms with van der Waals surface area (Å²) in [4.78, 5) is 46.6. The molecular weight excluding hydrogens is 370 g/mol. The molecule has 4 rings (SSSR count). The van der Waals surface area contributed by atoms with E-state index in [9.17, 15) is 14.4 Å². The molecule has 1 amide bonds. The predicted octanol–water partition coefficient (Wildman–Crippen LogP) is 1.83. The molecule has 2 aromatic carbocycles. The van der Waals surface area contributed by atoms with E-state index in [1.54, 1.807) is 42.5 Å². The Morgan fingerprint density at radius 1 is 1.03 bits per heavy atom. The van der Waals surface area contributed by atoms with Gasteiger partial charge in [0.2, 0.25) is 0 Å². The highest BCUT2D eigenvalue weighted by Crippen LogP contribution is 2.16. The van der Waals surface area contributed by atoms with Gasteiger partial charge in [0.25, 0.3) is 17.0 Å². The Labute approximate surface area is 165 Å². The molecule has 29 heavy (non-hydrogen) atoms. The summed E-state index contributed by atoms with van der Waals surface area (Å²) in [5, 5.41) is 5.63. The number of rotatable bonds is 4. The fourth-order valence-corrected chi connectivity index (χ4v) is 3.33. The van der Waals surface area contributed by atoms with E-state index in [2.05, 4.69) is 15.1 Å². The molecule has 0 atom stereocenters. The van der Waals surface area contributed by atoms with E-state index in [0.29, 0.717) is 34.0 Å². The minimum absolute atomic E-state index is 0.119. The molecule has 8 heteroatoms. The Balaban J connectivity index is 1.75. The van der Waals surface area contributed by atoms with E-state index >= 15 is 0 Å². The van der Waals surface area contributed by atoms with Crippen molar-refractivity contribution in [2.45, 2.75) is 13.5 Å². The maximum atomic E-state index is 13.2. The molecule has 0 aliphatic carbocycles. The average molecular weight is 389 g/mol. The Bertz CT molecular complexity index is 1360. The number of aromatic amines is 1. The quantitative estimate of drug-likeness (QED) is 0.574. The molecule has 0 bridgehead atoms. The van der Waals surface area contributed by atoms with Crippen molar-refractivity contribution in [1.29, 1.82) is 0 Å². The zero-order valence-electron chi connectivity index (χ0n) is 16.0. The van der Waals surface area contributed by atoms with Gasteiger partial charge >= 0.3 is 0 Å². The van der Waals surface area contributed by atoms with Crippen LogP contribution in [0.1, 0.15) is 23.2 Å². The third-order valence-electron chi connectivity index (χ3n) is 4.83. The van der Waals surface area contributed by atoms with Crippen LogP contribution in [0.5, 0.6) is 0 Å². The van der Waals surface area contributed by atoms with Crippen LogP contribution in [-0.4, -0.2) is 37.1 Å². The number of benzene rings is 2. The highest BCUT2D eigenvalue weighted by molar-refractivity contribution is 6.04. The first-order chi connectivity index (χ1) is 14.0. The molecular formula is C21H19N5O3. The van der Waals surface area contributed by atoms with Gasteiger partial charge < -0.3 is 9.88 Å². The van der Waals surface area contributed by atoms with Crippen molar-refractivity contribution < 1.29 is 4.79 Å². The highest BCUT2D eigenvalue weighted by Gasteiger charge is 2.21. The average Bonchev–Trinajstić information content (AvgIpc) is 2.74. The van der Waals surface area contributed by atoms with Crippen LogP contribution in [0, 0.1) is 0 Å².